The number of rotatable bonds is 1. The Morgan fingerprint density at radius 1 is 0.870 bits per heavy atom. The van der Waals surface area contributed by atoms with E-state index in [1.165, 1.54) is 16.3 Å². The Morgan fingerprint density at radius 2 is 1.65 bits per heavy atom. The van der Waals surface area contributed by atoms with Gasteiger partial charge in [0, 0.05) is 22.5 Å². The number of hydrogen-bond acceptors (Lipinski definition) is 2. The van der Waals surface area contributed by atoms with Gasteiger partial charge in [0.2, 0.25) is 0 Å². The van der Waals surface area contributed by atoms with E-state index in [4.69, 9.17) is 4.42 Å². The van der Waals surface area contributed by atoms with E-state index in [0.29, 0.717) is 0 Å². The first-order valence-electron chi connectivity index (χ1n) is 7.92. The fourth-order valence-electron chi connectivity index (χ4n) is 3.18. The van der Waals surface area contributed by atoms with Gasteiger partial charge < -0.3 is 4.42 Å². The number of benzene rings is 2. The number of para-hydroxylation sites is 1. The second-order valence-corrected chi connectivity index (χ2v) is 6.93. The molecule has 4 aromatic rings. The molecule has 4 rings (SSSR count). The first kappa shape index (κ1) is 14.0. The molecule has 0 bridgehead atoms. The van der Waals surface area contributed by atoms with Crippen molar-refractivity contribution in [2.45, 2.75) is 26.2 Å². The lowest BCUT2D eigenvalue weighted by atomic mass is 9.83. The van der Waals surface area contributed by atoms with Crippen molar-refractivity contribution in [3.05, 3.63) is 66.4 Å². The number of nitrogens with zero attached hydrogens (tertiary/aromatic N) is 1. The standard InChI is InChI=1S/C21H19NO/c1-21(2,3)16-12-11-14(17-9-6-7-13-22-17)20-19(16)15-8-4-5-10-18(15)23-20/h4-13H,1-3H3. The van der Waals surface area contributed by atoms with Gasteiger partial charge in [-0.2, -0.15) is 0 Å². The highest BCUT2D eigenvalue weighted by Gasteiger charge is 2.23. The molecule has 0 aliphatic heterocycles. The van der Waals surface area contributed by atoms with Gasteiger partial charge >= 0.3 is 0 Å². The molecule has 23 heavy (non-hydrogen) atoms. The minimum absolute atomic E-state index is 0.0491. The lowest BCUT2D eigenvalue weighted by molar-refractivity contribution is 0.595. The maximum Gasteiger partial charge on any atom is 0.145 e. The summed E-state index contributed by atoms with van der Waals surface area (Å²) in [5, 5.41) is 2.38. The Bertz CT molecular complexity index is 991. The van der Waals surface area contributed by atoms with Crippen molar-refractivity contribution in [2.75, 3.05) is 0 Å². The summed E-state index contributed by atoms with van der Waals surface area (Å²) in [7, 11) is 0. The van der Waals surface area contributed by atoms with Crippen LogP contribution in [-0.2, 0) is 5.41 Å². The molecule has 0 fully saturated rings. The molecule has 0 N–H and O–H groups in total. The molecule has 0 aliphatic rings. The SMILES string of the molecule is CC(C)(C)c1ccc(-c2ccccn2)c2oc3ccccc3c12. The van der Waals surface area contributed by atoms with E-state index in [2.05, 4.69) is 50.0 Å². The van der Waals surface area contributed by atoms with Crippen molar-refractivity contribution < 1.29 is 4.42 Å². The minimum atomic E-state index is 0.0491. The van der Waals surface area contributed by atoms with Crippen molar-refractivity contribution in [1.29, 1.82) is 0 Å². The molecule has 0 unspecified atom stereocenters. The summed E-state index contributed by atoms with van der Waals surface area (Å²) in [6, 6.07) is 18.6. The van der Waals surface area contributed by atoms with Crippen LogP contribution < -0.4 is 0 Å². The fraction of sp³-hybridized carbons (Fsp3) is 0.190. The Kier molecular flexibility index (Phi) is 3.02. The molecular formula is C21H19NO. The van der Waals surface area contributed by atoms with Crippen LogP contribution in [0.1, 0.15) is 26.3 Å². The van der Waals surface area contributed by atoms with E-state index in [9.17, 15) is 0 Å². The van der Waals surface area contributed by atoms with Crippen LogP contribution >= 0.6 is 0 Å². The van der Waals surface area contributed by atoms with Crippen LogP contribution in [-0.4, -0.2) is 4.98 Å². The predicted molar refractivity (Wildman–Crippen MR) is 95.7 cm³/mol. The molecule has 0 amide bonds. The maximum absolute atomic E-state index is 6.23. The third-order valence-corrected chi connectivity index (χ3v) is 4.27. The molecule has 2 nitrogen and oxygen atoms in total. The van der Waals surface area contributed by atoms with Gasteiger partial charge in [0.15, 0.2) is 0 Å². The summed E-state index contributed by atoms with van der Waals surface area (Å²) in [4.78, 5) is 4.50. The van der Waals surface area contributed by atoms with Crippen LogP contribution in [0.4, 0.5) is 0 Å². The van der Waals surface area contributed by atoms with Gasteiger partial charge in [-0.3, -0.25) is 4.98 Å². The second kappa shape index (κ2) is 4.95. The molecular weight excluding hydrogens is 282 g/mol. The Balaban J connectivity index is 2.16. The molecule has 2 aromatic carbocycles. The quantitative estimate of drug-likeness (QED) is 0.434. The zero-order chi connectivity index (χ0) is 16.0. The van der Waals surface area contributed by atoms with E-state index in [1.807, 2.05) is 36.5 Å². The molecule has 0 atom stereocenters. The monoisotopic (exact) mass is 301 g/mol. The van der Waals surface area contributed by atoms with Crippen molar-refractivity contribution >= 4 is 21.9 Å². The van der Waals surface area contributed by atoms with Gasteiger partial charge in [0.05, 0.1) is 5.69 Å². The molecule has 114 valence electrons. The Labute approximate surface area is 135 Å². The minimum Gasteiger partial charge on any atom is -0.455 e. The van der Waals surface area contributed by atoms with E-state index in [0.717, 1.165) is 22.4 Å². The van der Waals surface area contributed by atoms with Crippen molar-refractivity contribution in [3.8, 4) is 11.3 Å². The molecule has 2 heteroatoms. The first-order valence-corrected chi connectivity index (χ1v) is 7.92. The van der Waals surface area contributed by atoms with Crippen molar-refractivity contribution in [1.82, 2.24) is 4.98 Å². The number of aromatic nitrogens is 1. The summed E-state index contributed by atoms with van der Waals surface area (Å²) in [6.45, 7) is 6.72. The number of furan rings is 1. The van der Waals surface area contributed by atoms with Crippen LogP contribution in [0, 0.1) is 0 Å². The largest absolute Gasteiger partial charge is 0.455 e. The van der Waals surface area contributed by atoms with Gasteiger partial charge in [0.1, 0.15) is 11.2 Å². The topological polar surface area (TPSA) is 26.0 Å². The Hall–Kier alpha value is -2.61. The van der Waals surface area contributed by atoms with Crippen molar-refractivity contribution in [3.63, 3.8) is 0 Å². The summed E-state index contributed by atoms with van der Waals surface area (Å²) in [5.41, 5.74) is 5.20. The molecule has 2 heterocycles. The van der Waals surface area contributed by atoms with Gasteiger partial charge in [0.25, 0.3) is 0 Å². The van der Waals surface area contributed by atoms with Gasteiger partial charge in [-0.05, 0) is 35.2 Å². The predicted octanol–water partition coefficient (Wildman–Crippen LogP) is 5.95. The van der Waals surface area contributed by atoms with Crippen LogP contribution in [0.2, 0.25) is 0 Å². The lowest BCUT2D eigenvalue weighted by Crippen LogP contribution is -2.11. The average Bonchev–Trinajstić information content (AvgIpc) is 2.93. The summed E-state index contributed by atoms with van der Waals surface area (Å²) >= 11 is 0. The van der Waals surface area contributed by atoms with Crippen LogP contribution in [0.5, 0.6) is 0 Å². The van der Waals surface area contributed by atoms with E-state index in [-0.39, 0.29) is 5.41 Å². The number of hydrogen-bond donors (Lipinski definition) is 0. The highest BCUT2D eigenvalue weighted by atomic mass is 16.3. The summed E-state index contributed by atoms with van der Waals surface area (Å²) in [6.07, 6.45) is 1.82. The second-order valence-electron chi connectivity index (χ2n) is 6.93. The molecule has 0 saturated carbocycles. The maximum atomic E-state index is 6.23. The smallest absolute Gasteiger partial charge is 0.145 e. The van der Waals surface area contributed by atoms with Crippen LogP contribution in [0.25, 0.3) is 33.2 Å². The van der Waals surface area contributed by atoms with Crippen molar-refractivity contribution in [2.24, 2.45) is 0 Å². The van der Waals surface area contributed by atoms with E-state index < -0.39 is 0 Å². The molecule has 2 aromatic heterocycles. The third kappa shape index (κ3) is 2.22. The summed E-state index contributed by atoms with van der Waals surface area (Å²) < 4.78 is 6.23. The zero-order valence-electron chi connectivity index (χ0n) is 13.6. The molecule has 0 saturated heterocycles. The molecule has 0 aliphatic carbocycles. The molecule has 0 spiro atoms. The first-order chi connectivity index (χ1) is 11.1. The fourth-order valence-corrected chi connectivity index (χ4v) is 3.18. The average molecular weight is 301 g/mol. The Morgan fingerprint density at radius 3 is 2.39 bits per heavy atom. The number of fused-ring (bicyclic) bond motifs is 3. The highest BCUT2D eigenvalue weighted by Crippen LogP contribution is 2.41. The van der Waals surface area contributed by atoms with Gasteiger partial charge in [-0.25, -0.2) is 0 Å². The number of pyridine rings is 1. The summed E-state index contributed by atoms with van der Waals surface area (Å²) in [5.74, 6) is 0. The highest BCUT2D eigenvalue weighted by molar-refractivity contribution is 6.11. The van der Waals surface area contributed by atoms with E-state index >= 15 is 0 Å². The third-order valence-electron chi connectivity index (χ3n) is 4.27. The van der Waals surface area contributed by atoms with Gasteiger partial charge in [-0.15, -0.1) is 0 Å². The van der Waals surface area contributed by atoms with Gasteiger partial charge in [-0.1, -0.05) is 51.1 Å². The normalized spacial score (nSPS) is 12.1. The van der Waals surface area contributed by atoms with Crippen LogP contribution in [0.15, 0.2) is 65.2 Å². The zero-order valence-corrected chi connectivity index (χ0v) is 13.6. The van der Waals surface area contributed by atoms with E-state index in [1.54, 1.807) is 0 Å². The lowest BCUT2D eigenvalue weighted by Gasteiger charge is -2.21. The molecule has 0 radical (unpaired) electrons. The van der Waals surface area contributed by atoms with Crippen LogP contribution in [0.3, 0.4) is 0 Å².